The van der Waals surface area contributed by atoms with E-state index < -0.39 is 0 Å². The number of nitrogens with zero attached hydrogens (tertiary/aromatic N) is 1. The molecule has 0 fully saturated rings. The second kappa shape index (κ2) is 4.93. The zero-order valence-corrected chi connectivity index (χ0v) is 9.33. The lowest BCUT2D eigenvalue weighted by molar-refractivity contribution is 0.200. The summed E-state index contributed by atoms with van der Waals surface area (Å²) in [5.41, 5.74) is 6.13. The zero-order valence-electron chi connectivity index (χ0n) is 9.33. The van der Waals surface area contributed by atoms with Crippen molar-refractivity contribution in [1.82, 2.24) is 9.97 Å². The van der Waals surface area contributed by atoms with E-state index in [9.17, 15) is 4.79 Å². The second-order valence-corrected chi connectivity index (χ2v) is 3.71. The summed E-state index contributed by atoms with van der Waals surface area (Å²) >= 11 is 0. The summed E-state index contributed by atoms with van der Waals surface area (Å²) in [6.45, 7) is 4.35. The average molecular weight is 211 g/mol. The SMILES string of the molecule is COCCc1nc(N)c(C(C)C)c(=O)[nH]1. The molecule has 5 nitrogen and oxygen atoms in total. The number of hydrogen-bond donors (Lipinski definition) is 2. The topological polar surface area (TPSA) is 81.0 Å². The van der Waals surface area contributed by atoms with Crippen molar-refractivity contribution in [3.63, 3.8) is 0 Å². The Morgan fingerprint density at radius 1 is 1.53 bits per heavy atom. The van der Waals surface area contributed by atoms with Crippen LogP contribution in [0.1, 0.15) is 31.2 Å². The Kier molecular flexibility index (Phi) is 3.85. The fraction of sp³-hybridized carbons (Fsp3) is 0.600. The van der Waals surface area contributed by atoms with Crippen molar-refractivity contribution in [3.05, 3.63) is 21.7 Å². The molecule has 84 valence electrons. The van der Waals surface area contributed by atoms with E-state index in [-0.39, 0.29) is 11.5 Å². The number of aromatic nitrogens is 2. The first kappa shape index (κ1) is 11.7. The number of nitrogens with one attached hydrogen (secondary N) is 1. The maximum absolute atomic E-state index is 11.6. The molecule has 0 atom stereocenters. The molecule has 0 aliphatic carbocycles. The van der Waals surface area contributed by atoms with Crippen LogP contribution in [-0.4, -0.2) is 23.7 Å². The first-order chi connectivity index (χ1) is 7.06. The summed E-state index contributed by atoms with van der Waals surface area (Å²) in [5.74, 6) is 0.973. The third-order valence-corrected chi connectivity index (χ3v) is 2.15. The average Bonchev–Trinajstić information content (AvgIpc) is 2.12. The molecular formula is C10H17N3O2. The fourth-order valence-corrected chi connectivity index (χ4v) is 1.42. The predicted molar refractivity (Wildman–Crippen MR) is 58.9 cm³/mol. The van der Waals surface area contributed by atoms with Gasteiger partial charge in [-0.1, -0.05) is 13.8 Å². The molecule has 1 aromatic rings. The lowest BCUT2D eigenvalue weighted by atomic mass is 10.1. The number of nitrogens with two attached hydrogens (primary N) is 1. The number of nitrogen functional groups attached to an aromatic ring is 1. The van der Waals surface area contributed by atoms with Crippen molar-refractivity contribution >= 4 is 5.82 Å². The van der Waals surface area contributed by atoms with Gasteiger partial charge >= 0.3 is 0 Å². The monoisotopic (exact) mass is 211 g/mol. The highest BCUT2D eigenvalue weighted by atomic mass is 16.5. The Morgan fingerprint density at radius 2 is 2.20 bits per heavy atom. The van der Waals surface area contributed by atoms with Gasteiger partial charge in [-0.05, 0) is 5.92 Å². The van der Waals surface area contributed by atoms with Crippen LogP contribution in [0, 0.1) is 0 Å². The minimum absolute atomic E-state index is 0.0812. The molecule has 0 saturated carbocycles. The molecule has 0 unspecified atom stereocenters. The predicted octanol–water partition coefficient (Wildman–Crippen LogP) is 0.664. The van der Waals surface area contributed by atoms with Crippen LogP contribution in [0.4, 0.5) is 5.82 Å². The van der Waals surface area contributed by atoms with Gasteiger partial charge in [0, 0.05) is 13.5 Å². The Balaban J connectivity index is 3.03. The molecule has 1 heterocycles. The van der Waals surface area contributed by atoms with Crippen LogP contribution >= 0.6 is 0 Å². The van der Waals surface area contributed by atoms with E-state index in [0.717, 1.165) is 0 Å². The molecule has 5 heteroatoms. The van der Waals surface area contributed by atoms with Crippen molar-refractivity contribution in [1.29, 1.82) is 0 Å². The van der Waals surface area contributed by atoms with Crippen molar-refractivity contribution in [3.8, 4) is 0 Å². The highest BCUT2D eigenvalue weighted by molar-refractivity contribution is 5.39. The van der Waals surface area contributed by atoms with Gasteiger partial charge in [0.1, 0.15) is 11.6 Å². The van der Waals surface area contributed by atoms with Gasteiger partial charge in [0.2, 0.25) is 0 Å². The van der Waals surface area contributed by atoms with Crippen LogP contribution in [0.5, 0.6) is 0 Å². The number of ether oxygens (including phenoxy) is 1. The van der Waals surface area contributed by atoms with Gasteiger partial charge in [0.25, 0.3) is 5.56 Å². The van der Waals surface area contributed by atoms with Crippen molar-refractivity contribution in [2.24, 2.45) is 0 Å². The van der Waals surface area contributed by atoms with Gasteiger partial charge < -0.3 is 15.5 Å². The molecule has 0 saturated heterocycles. The minimum atomic E-state index is -0.149. The zero-order chi connectivity index (χ0) is 11.4. The van der Waals surface area contributed by atoms with Crippen LogP contribution in [0.2, 0.25) is 0 Å². The van der Waals surface area contributed by atoms with Crippen LogP contribution in [0.3, 0.4) is 0 Å². The number of H-pyrrole nitrogens is 1. The fourth-order valence-electron chi connectivity index (χ4n) is 1.42. The summed E-state index contributed by atoms with van der Waals surface area (Å²) in [6.07, 6.45) is 0.564. The normalized spacial score (nSPS) is 10.9. The second-order valence-electron chi connectivity index (χ2n) is 3.71. The number of aromatic amines is 1. The third kappa shape index (κ3) is 2.79. The molecule has 1 rings (SSSR count). The number of rotatable bonds is 4. The molecule has 0 aliphatic heterocycles. The van der Waals surface area contributed by atoms with E-state index in [1.54, 1.807) is 7.11 Å². The molecule has 15 heavy (non-hydrogen) atoms. The standard InChI is InChI=1S/C10H17N3O2/c1-6(2)8-9(11)12-7(4-5-15-3)13-10(8)14/h6H,4-5H2,1-3H3,(H3,11,12,13,14). The minimum Gasteiger partial charge on any atom is -0.384 e. The summed E-state index contributed by atoms with van der Waals surface area (Å²) in [6, 6.07) is 0. The van der Waals surface area contributed by atoms with Gasteiger partial charge in [0.05, 0.1) is 12.2 Å². The van der Waals surface area contributed by atoms with Crippen molar-refractivity contribution in [2.45, 2.75) is 26.2 Å². The summed E-state index contributed by atoms with van der Waals surface area (Å²) in [7, 11) is 1.60. The van der Waals surface area contributed by atoms with Crippen LogP contribution < -0.4 is 11.3 Å². The lowest BCUT2D eigenvalue weighted by Crippen LogP contribution is -2.21. The van der Waals surface area contributed by atoms with E-state index in [1.165, 1.54) is 0 Å². The number of anilines is 1. The van der Waals surface area contributed by atoms with Gasteiger partial charge in [-0.25, -0.2) is 4.98 Å². The Morgan fingerprint density at radius 3 is 2.67 bits per heavy atom. The quantitative estimate of drug-likeness (QED) is 0.766. The Labute approximate surface area is 88.7 Å². The van der Waals surface area contributed by atoms with E-state index in [1.807, 2.05) is 13.8 Å². The number of hydrogen-bond acceptors (Lipinski definition) is 4. The lowest BCUT2D eigenvalue weighted by Gasteiger charge is -2.08. The van der Waals surface area contributed by atoms with Gasteiger partial charge in [-0.3, -0.25) is 4.79 Å². The van der Waals surface area contributed by atoms with E-state index in [2.05, 4.69) is 9.97 Å². The van der Waals surface area contributed by atoms with E-state index in [0.29, 0.717) is 30.2 Å². The molecule has 1 aromatic heterocycles. The summed E-state index contributed by atoms with van der Waals surface area (Å²) in [5, 5.41) is 0. The molecule has 0 bridgehead atoms. The van der Waals surface area contributed by atoms with E-state index >= 15 is 0 Å². The maximum atomic E-state index is 11.6. The van der Waals surface area contributed by atoms with Crippen LogP contribution in [0.15, 0.2) is 4.79 Å². The van der Waals surface area contributed by atoms with Crippen LogP contribution in [-0.2, 0) is 11.2 Å². The molecule has 0 aliphatic rings. The highest BCUT2D eigenvalue weighted by Gasteiger charge is 2.11. The van der Waals surface area contributed by atoms with Crippen molar-refractivity contribution in [2.75, 3.05) is 19.5 Å². The molecular weight excluding hydrogens is 194 g/mol. The van der Waals surface area contributed by atoms with E-state index in [4.69, 9.17) is 10.5 Å². The molecule has 3 N–H and O–H groups in total. The Hall–Kier alpha value is -1.36. The molecule has 0 radical (unpaired) electrons. The highest BCUT2D eigenvalue weighted by Crippen LogP contribution is 2.14. The molecule has 0 aromatic carbocycles. The van der Waals surface area contributed by atoms with Gasteiger partial charge in [-0.15, -0.1) is 0 Å². The van der Waals surface area contributed by atoms with Crippen LogP contribution in [0.25, 0.3) is 0 Å². The van der Waals surface area contributed by atoms with Gasteiger partial charge in [0.15, 0.2) is 0 Å². The first-order valence-electron chi connectivity index (χ1n) is 4.93. The number of methoxy groups -OCH3 is 1. The Bertz CT molecular complexity index is 385. The molecule has 0 spiro atoms. The molecule has 0 amide bonds. The first-order valence-corrected chi connectivity index (χ1v) is 4.93. The smallest absolute Gasteiger partial charge is 0.256 e. The summed E-state index contributed by atoms with van der Waals surface area (Å²) < 4.78 is 4.90. The largest absolute Gasteiger partial charge is 0.384 e. The maximum Gasteiger partial charge on any atom is 0.256 e. The van der Waals surface area contributed by atoms with Gasteiger partial charge in [-0.2, -0.15) is 0 Å². The third-order valence-electron chi connectivity index (χ3n) is 2.15. The van der Waals surface area contributed by atoms with Crippen molar-refractivity contribution < 1.29 is 4.74 Å². The summed E-state index contributed by atoms with van der Waals surface area (Å²) in [4.78, 5) is 18.5.